The fourth-order valence-electron chi connectivity index (χ4n) is 0.658. The molecule has 0 bridgehead atoms. The highest BCUT2D eigenvalue weighted by Crippen LogP contribution is 2.11. The van der Waals surface area contributed by atoms with Gasteiger partial charge in [0.2, 0.25) is 0 Å². The quantitative estimate of drug-likeness (QED) is 0.512. The fourth-order valence-corrected chi connectivity index (χ4v) is 0.658. The normalized spacial score (nSPS) is 31.5. The van der Waals surface area contributed by atoms with E-state index < -0.39 is 6.40 Å². The predicted molar refractivity (Wildman–Crippen MR) is 29.6 cm³/mol. The van der Waals surface area contributed by atoms with Crippen LogP contribution in [0.25, 0.3) is 0 Å². The third kappa shape index (κ3) is 1.09. The van der Waals surface area contributed by atoms with Crippen LogP contribution < -0.4 is 0 Å². The third-order valence-electron chi connectivity index (χ3n) is 1.05. The molecule has 0 fully saturated rings. The maximum absolute atomic E-state index is 10.5. The summed E-state index contributed by atoms with van der Waals surface area (Å²) in [5.41, 5.74) is 0. The summed E-state index contributed by atoms with van der Waals surface area (Å²) in [5.74, 6) is -0.165. The van der Waals surface area contributed by atoms with Crippen molar-refractivity contribution in [2.75, 3.05) is 0 Å². The fraction of sp³-hybridized carbons (Fsp3) is 0.500. The standard InChI is InChI=1S/C6H8O2/c7-5-2-1-3-6(8)4-5/h4,7H,1-3H2/i2D. The van der Waals surface area contributed by atoms with Crippen LogP contribution in [0.2, 0.25) is 0 Å². The van der Waals surface area contributed by atoms with Crippen LogP contribution in [0.15, 0.2) is 11.8 Å². The molecule has 1 atom stereocenters. The van der Waals surface area contributed by atoms with E-state index >= 15 is 0 Å². The second kappa shape index (κ2) is 1.99. The average Bonchev–Trinajstić information content (AvgIpc) is 1.80. The van der Waals surface area contributed by atoms with Gasteiger partial charge < -0.3 is 5.11 Å². The van der Waals surface area contributed by atoms with E-state index in [1.165, 1.54) is 0 Å². The summed E-state index contributed by atoms with van der Waals surface area (Å²) in [6.07, 6.45) is 1.43. The molecule has 2 heteroatoms. The number of carbonyl (C=O) groups is 1. The first kappa shape index (κ1) is 4.13. The van der Waals surface area contributed by atoms with Crippen molar-refractivity contribution in [1.82, 2.24) is 0 Å². The first-order valence-corrected chi connectivity index (χ1v) is 2.56. The van der Waals surface area contributed by atoms with Gasteiger partial charge in [-0.2, -0.15) is 0 Å². The second-order valence-corrected chi connectivity index (χ2v) is 1.78. The summed E-state index contributed by atoms with van der Waals surface area (Å²) in [5, 5.41) is 8.80. The van der Waals surface area contributed by atoms with E-state index in [4.69, 9.17) is 6.48 Å². The highest BCUT2D eigenvalue weighted by atomic mass is 16.3. The van der Waals surface area contributed by atoms with E-state index in [0.29, 0.717) is 12.8 Å². The molecular formula is C6H8O2. The van der Waals surface area contributed by atoms with Crippen LogP contribution >= 0.6 is 0 Å². The van der Waals surface area contributed by atoms with Crippen LogP contribution in [-0.2, 0) is 4.79 Å². The summed E-state index contributed by atoms with van der Waals surface area (Å²) >= 11 is 0. The van der Waals surface area contributed by atoms with Crippen molar-refractivity contribution in [3.63, 3.8) is 0 Å². The van der Waals surface area contributed by atoms with Crippen molar-refractivity contribution in [2.24, 2.45) is 0 Å². The predicted octanol–water partition coefficient (Wildman–Crippen LogP) is 1.18. The lowest BCUT2D eigenvalue weighted by Crippen LogP contribution is -2.01. The van der Waals surface area contributed by atoms with Gasteiger partial charge in [0.15, 0.2) is 5.78 Å². The monoisotopic (exact) mass is 113 g/mol. The van der Waals surface area contributed by atoms with Gasteiger partial charge >= 0.3 is 0 Å². The Bertz CT molecular complexity index is 162. The Morgan fingerprint density at radius 1 is 1.88 bits per heavy atom. The maximum atomic E-state index is 10.5. The van der Waals surface area contributed by atoms with Gasteiger partial charge in [0.1, 0.15) is 0 Å². The van der Waals surface area contributed by atoms with Crippen molar-refractivity contribution in [2.45, 2.75) is 19.2 Å². The van der Waals surface area contributed by atoms with Crippen molar-refractivity contribution >= 4 is 5.78 Å². The molecule has 0 aliphatic heterocycles. The molecular weight excluding hydrogens is 104 g/mol. The van der Waals surface area contributed by atoms with E-state index in [2.05, 4.69) is 0 Å². The SMILES string of the molecule is [2H]C1CCC(=O)C=C1O. The minimum absolute atomic E-state index is 0.0731. The Morgan fingerprint density at radius 3 is 3.12 bits per heavy atom. The van der Waals surface area contributed by atoms with Crippen LogP contribution in [0.3, 0.4) is 0 Å². The number of rotatable bonds is 0. The number of allylic oxidation sites excluding steroid dienone is 2. The zero-order valence-electron chi connectivity index (χ0n) is 5.42. The number of aliphatic hydroxyl groups is 1. The van der Waals surface area contributed by atoms with Gasteiger partial charge in [0.05, 0.1) is 5.76 Å². The van der Waals surface area contributed by atoms with Gasteiger partial charge in [0, 0.05) is 20.3 Å². The molecule has 0 radical (unpaired) electrons. The summed E-state index contributed by atoms with van der Waals surface area (Å²) in [7, 11) is 0. The zero-order valence-corrected chi connectivity index (χ0v) is 4.42. The van der Waals surface area contributed by atoms with Gasteiger partial charge in [-0.05, 0) is 6.42 Å². The molecule has 1 aliphatic carbocycles. The Balaban J connectivity index is 2.72. The topological polar surface area (TPSA) is 37.3 Å². The molecule has 2 nitrogen and oxygen atoms in total. The van der Waals surface area contributed by atoms with Gasteiger partial charge in [-0.15, -0.1) is 0 Å². The van der Waals surface area contributed by atoms with Crippen molar-refractivity contribution in [1.29, 1.82) is 0 Å². The molecule has 1 aliphatic rings. The Kier molecular flexibility index (Phi) is 1.02. The van der Waals surface area contributed by atoms with Gasteiger partial charge in [-0.1, -0.05) is 0 Å². The smallest absolute Gasteiger partial charge is 0.159 e. The Morgan fingerprint density at radius 2 is 2.62 bits per heavy atom. The molecule has 44 valence electrons. The van der Waals surface area contributed by atoms with Crippen LogP contribution in [0.1, 0.15) is 20.6 Å². The molecule has 0 aromatic heterocycles. The minimum Gasteiger partial charge on any atom is -0.512 e. The van der Waals surface area contributed by atoms with Gasteiger partial charge in [-0.25, -0.2) is 0 Å². The molecule has 0 spiro atoms. The summed E-state index contributed by atoms with van der Waals surface area (Å²) in [6.45, 7) is 0. The van der Waals surface area contributed by atoms with Crippen molar-refractivity contribution in [3.05, 3.63) is 11.8 Å². The number of hydrogen-bond donors (Lipinski definition) is 1. The van der Waals surface area contributed by atoms with E-state index in [-0.39, 0.29) is 11.5 Å². The highest BCUT2D eigenvalue weighted by molar-refractivity contribution is 5.90. The van der Waals surface area contributed by atoms with Crippen molar-refractivity contribution < 1.29 is 11.3 Å². The molecule has 0 aromatic carbocycles. The number of ketones is 1. The lowest BCUT2D eigenvalue weighted by atomic mass is 10.1. The van der Waals surface area contributed by atoms with Gasteiger partial charge in [0.25, 0.3) is 0 Å². The molecule has 8 heavy (non-hydrogen) atoms. The van der Waals surface area contributed by atoms with Gasteiger partial charge in [-0.3, -0.25) is 4.79 Å². The number of aliphatic hydroxyl groups excluding tert-OH is 1. The van der Waals surface area contributed by atoms with Crippen LogP contribution in [0, 0.1) is 0 Å². The first-order valence-electron chi connectivity index (χ1n) is 3.13. The van der Waals surface area contributed by atoms with Crippen LogP contribution in [-0.4, -0.2) is 10.9 Å². The molecule has 0 saturated carbocycles. The number of carbonyl (C=O) groups excluding carboxylic acids is 1. The summed E-state index contributed by atoms with van der Waals surface area (Å²) < 4.78 is 7.10. The van der Waals surface area contributed by atoms with E-state index in [1.807, 2.05) is 0 Å². The third-order valence-corrected chi connectivity index (χ3v) is 1.05. The largest absolute Gasteiger partial charge is 0.512 e. The molecule has 1 rings (SSSR count). The summed E-state index contributed by atoms with van der Waals surface area (Å²) in [4.78, 5) is 10.5. The zero-order chi connectivity index (χ0) is 6.85. The Hall–Kier alpha value is -0.790. The molecule has 1 N–H and O–H groups in total. The molecule has 0 amide bonds. The van der Waals surface area contributed by atoms with Crippen LogP contribution in [0.4, 0.5) is 0 Å². The van der Waals surface area contributed by atoms with Crippen molar-refractivity contribution in [3.8, 4) is 0 Å². The van der Waals surface area contributed by atoms with Crippen LogP contribution in [0.5, 0.6) is 0 Å². The van der Waals surface area contributed by atoms with E-state index in [0.717, 1.165) is 6.08 Å². The second-order valence-electron chi connectivity index (χ2n) is 1.78. The molecule has 1 unspecified atom stereocenters. The first-order chi connectivity index (χ1) is 4.20. The maximum Gasteiger partial charge on any atom is 0.159 e. The van der Waals surface area contributed by atoms with E-state index in [1.54, 1.807) is 0 Å². The Labute approximate surface area is 49.2 Å². The minimum atomic E-state index is -0.567. The lowest BCUT2D eigenvalue weighted by molar-refractivity contribution is -0.115. The van der Waals surface area contributed by atoms with E-state index in [9.17, 15) is 4.79 Å². The molecule has 0 aromatic rings. The molecule has 0 heterocycles. The molecule has 0 saturated heterocycles. The summed E-state index contributed by atoms with van der Waals surface area (Å²) in [6, 6.07) is 0. The number of hydrogen-bond acceptors (Lipinski definition) is 2. The lowest BCUT2D eigenvalue weighted by Gasteiger charge is -2.03. The highest BCUT2D eigenvalue weighted by Gasteiger charge is 2.06. The average molecular weight is 113 g/mol.